The average Bonchev–Trinajstić information content (AvgIpc) is 3.14. The van der Waals surface area contributed by atoms with Crippen LogP contribution in [0.5, 0.6) is 0 Å². The van der Waals surface area contributed by atoms with Crippen LogP contribution in [0.2, 0.25) is 5.02 Å². The SMILES string of the molecule is C[C@@H](OC[C@@H](O)CN1C(=O)NC2(CCCC2)C1=O)c1ccc(Cl)cc1. The zero-order chi connectivity index (χ0) is 18.0. The smallest absolute Gasteiger partial charge is 0.325 e. The van der Waals surface area contributed by atoms with E-state index in [1.807, 2.05) is 19.1 Å². The molecule has 2 atom stereocenters. The average molecular weight is 367 g/mol. The highest BCUT2D eigenvalue weighted by atomic mass is 35.5. The number of nitrogens with one attached hydrogen (secondary N) is 1. The second-order valence-corrected chi connectivity index (χ2v) is 7.25. The molecule has 3 amide bonds. The third-order valence-corrected chi connectivity index (χ3v) is 5.23. The van der Waals surface area contributed by atoms with Crippen molar-refractivity contribution in [1.29, 1.82) is 0 Å². The second-order valence-electron chi connectivity index (χ2n) is 6.82. The van der Waals surface area contributed by atoms with Gasteiger partial charge in [-0.1, -0.05) is 36.6 Å². The molecule has 25 heavy (non-hydrogen) atoms. The van der Waals surface area contributed by atoms with Gasteiger partial charge in [0.1, 0.15) is 5.54 Å². The van der Waals surface area contributed by atoms with Gasteiger partial charge in [-0.05, 0) is 37.5 Å². The molecule has 0 radical (unpaired) electrons. The number of aliphatic hydroxyl groups excluding tert-OH is 1. The van der Waals surface area contributed by atoms with Crippen LogP contribution in [-0.2, 0) is 9.53 Å². The molecule has 1 aromatic rings. The Balaban J connectivity index is 1.52. The van der Waals surface area contributed by atoms with E-state index in [4.69, 9.17) is 16.3 Å². The maximum atomic E-state index is 12.5. The van der Waals surface area contributed by atoms with Gasteiger partial charge in [0.05, 0.1) is 25.4 Å². The lowest BCUT2D eigenvalue weighted by Crippen LogP contribution is -2.45. The van der Waals surface area contributed by atoms with Gasteiger partial charge in [-0.15, -0.1) is 0 Å². The number of halogens is 1. The normalized spacial score (nSPS) is 21.6. The molecule has 1 saturated carbocycles. The predicted molar refractivity (Wildman–Crippen MR) is 93.3 cm³/mol. The molecule has 2 aliphatic rings. The van der Waals surface area contributed by atoms with E-state index in [9.17, 15) is 14.7 Å². The highest BCUT2D eigenvalue weighted by molar-refractivity contribution is 6.30. The Kier molecular flexibility index (Phi) is 5.32. The van der Waals surface area contributed by atoms with Crippen LogP contribution in [0.1, 0.15) is 44.3 Å². The number of ether oxygens (including phenoxy) is 1. The molecule has 1 aromatic carbocycles. The minimum absolute atomic E-state index is 0.0356. The zero-order valence-electron chi connectivity index (χ0n) is 14.2. The van der Waals surface area contributed by atoms with Gasteiger partial charge in [-0.25, -0.2) is 4.79 Å². The van der Waals surface area contributed by atoms with E-state index in [0.29, 0.717) is 17.9 Å². The summed E-state index contributed by atoms with van der Waals surface area (Å²) < 4.78 is 5.66. The maximum absolute atomic E-state index is 12.5. The van der Waals surface area contributed by atoms with Crippen LogP contribution in [0.3, 0.4) is 0 Å². The van der Waals surface area contributed by atoms with Gasteiger partial charge in [0.25, 0.3) is 5.91 Å². The predicted octanol–water partition coefficient (Wildman–Crippen LogP) is 2.64. The van der Waals surface area contributed by atoms with Crippen molar-refractivity contribution < 1.29 is 19.4 Å². The van der Waals surface area contributed by atoms with E-state index in [2.05, 4.69) is 5.32 Å². The van der Waals surface area contributed by atoms with Crippen LogP contribution in [0.4, 0.5) is 4.79 Å². The number of rotatable bonds is 6. The van der Waals surface area contributed by atoms with Crippen molar-refractivity contribution in [1.82, 2.24) is 10.2 Å². The third kappa shape index (κ3) is 3.81. The Morgan fingerprint density at radius 2 is 1.92 bits per heavy atom. The van der Waals surface area contributed by atoms with Gasteiger partial charge in [0.2, 0.25) is 0 Å². The molecule has 2 fully saturated rings. The van der Waals surface area contributed by atoms with E-state index in [-0.39, 0.29) is 25.2 Å². The lowest BCUT2D eigenvalue weighted by atomic mass is 9.98. The number of β-amino-alcohol motifs (C(OH)–C–C–N with tert-alkyl or cyclic N) is 1. The summed E-state index contributed by atoms with van der Waals surface area (Å²) in [6.07, 6.45) is 2.06. The summed E-state index contributed by atoms with van der Waals surface area (Å²) in [6, 6.07) is 6.86. The fourth-order valence-electron chi connectivity index (χ4n) is 3.51. The molecule has 2 N–H and O–H groups in total. The molecule has 3 rings (SSSR count). The number of aliphatic hydroxyl groups is 1. The second kappa shape index (κ2) is 7.32. The largest absolute Gasteiger partial charge is 0.389 e. The first-order valence-corrected chi connectivity index (χ1v) is 8.98. The van der Waals surface area contributed by atoms with Crippen molar-refractivity contribution in [2.24, 2.45) is 0 Å². The summed E-state index contributed by atoms with van der Waals surface area (Å²) in [5.41, 5.74) is 0.199. The molecule has 136 valence electrons. The van der Waals surface area contributed by atoms with Gasteiger partial charge in [0, 0.05) is 5.02 Å². The number of imide groups is 1. The fraction of sp³-hybridized carbons (Fsp3) is 0.556. The summed E-state index contributed by atoms with van der Waals surface area (Å²) in [6.45, 7) is 1.85. The standard InChI is InChI=1S/C18H23ClN2O4/c1-12(13-4-6-14(19)7-5-13)25-11-15(22)10-21-16(23)18(20-17(21)24)8-2-3-9-18/h4-7,12,15,22H,2-3,8-11H2,1H3,(H,20,24)/t12-,15+/m1/s1. The molecule has 6 nitrogen and oxygen atoms in total. The van der Waals surface area contributed by atoms with Crippen LogP contribution in [-0.4, -0.2) is 46.7 Å². The Labute approximate surface area is 152 Å². The van der Waals surface area contributed by atoms with Crippen molar-refractivity contribution in [2.45, 2.75) is 50.4 Å². The van der Waals surface area contributed by atoms with Crippen molar-refractivity contribution in [2.75, 3.05) is 13.2 Å². The molecule has 0 aromatic heterocycles. The monoisotopic (exact) mass is 366 g/mol. The van der Waals surface area contributed by atoms with E-state index in [1.54, 1.807) is 12.1 Å². The molecule has 1 spiro atoms. The number of carbonyl (C=O) groups is 2. The van der Waals surface area contributed by atoms with E-state index in [0.717, 1.165) is 23.3 Å². The number of nitrogens with zero attached hydrogens (tertiary/aromatic N) is 1. The summed E-state index contributed by atoms with van der Waals surface area (Å²) in [5.74, 6) is -0.222. The first-order chi connectivity index (χ1) is 11.9. The third-order valence-electron chi connectivity index (χ3n) is 4.97. The van der Waals surface area contributed by atoms with Crippen molar-refractivity contribution >= 4 is 23.5 Å². The van der Waals surface area contributed by atoms with Crippen LogP contribution in [0, 0.1) is 0 Å². The number of hydrogen-bond donors (Lipinski definition) is 2. The molecule has 7 heteroatoms. The van der Waals surface area contributed by atoms with Crippen molar-refractivity contribution in [3.05, 3.63) is 34.9 Å². The van der Waals surface area contributed by atoms with Gasteiger partial charge in [0.15, 0.2) is 0 Å². The van der Waals surface area contributed by atoms with Crippen molar-refractivity contribution in [3.63, 3.8) is 0 Å². The summed E-state index contributed by atoms with van der Waals surface area (Å²) in [5, 5.41) is 13.6. The molecule has 0 unspecified atom stereocenters. The quantitative estimate of drug-likeness (QED) is 0.758. The van der Waals surface area contributed by atoms with E-state index in [1.165, 1.54) is 0 Å². The van der Waals surface area contributed by atoms with Crippen molar-refractivity contribution in [3.8, 4) is 0 Å². The molecule has 1 aliphatic carbocycles. The summed E-state index contributed by atoms with van der Waals surface area (Å²) in [7, 11) is 0. The number of carbonyl (C=O) groups excluding carboxylic acids is 2. The maximum Gasteiger partial charge on any atom is 0.325 e. The first-order valence-electron chi connectivity index (χ1n) is 8.60. The van der Waals surface area contributed by atoms with Crippen LogP contribution >= 0.6 is 11.6 Å². The summed E-state index contributed by atoms with van der Waals surface area (Å²) in [4.78, 5) is 25.8. The Bertz CT molecular complexity index is 643. The summed E-state index contributed by atoms with van der Waals surface area (Å²) >= 11 is 5.86. The van der Waals surface area contributed by atoms with Gasteiger partial charge >= 0.3 is 6.03 Å². The number of hydrogen-bond acceptors (Lipinski definition) is 4. The highest BCUT2D eigenvalue weighted by Crippen LogP contribution is 2.35. The number of amides is 3. The van der Waals surface area contributed by atoms with Crippen LogP contribution in [0.25, 0.3) is 0 Å². The Hall–Kier alpha value is -1.63. The highest BCUT2D eigenvalue weighted by Gasteiger charge is 2.52. The Morgan fingerprint density at radius 3 is 2.56 bits per heavy atom. The van der Waals surface area contributed by atoms with Gasteiger partial charge in [-0.3, -0.25) is 9.69 Å². The van der Waals surface area contributed by atoms with Crippen LogP contribution < -0.4 is 5.32 Å². The first kappa shape index (κ1) is 18.2. The molecule has 1 heterocycles. The molecular formula is C18H23ClN2O4. The minimum Gasteiger partial charge on any atom is -0.389 e. The Morgan fingerprint density at radius 1 is 1.28 bits per heavy atom. The van der Waals surface area contributed by atoms with Gasteiger partial charge in [-0.2, -0.15) is 0 Å². The fourth-order valence-corrected chi connectivity index (χ4v) is 3.63. The molecule has 0 bridgehead atoms. The lowest BCUT2D eigenvalue weighted by molar-refractivity contribution is -0.132. The molecule has 1 saturated heterocycles. The van der Waals surface area contributed by atoms with Gasteiger partial charge < -0.3 is 15.2 Å². The number of benzene rings is 1. The zero-order valence-corrected chi connectivity index (χ0v) is 15.0. The minimum atomic E-state index is -0.930. The van der Waals surface area contributed by atoms with Crippen LogP contribution in [0.15, 0.2) is 24.3 Å². The lowest BCUT2D eigenvalue weighted by Gasteiger charge is -2.22. The molecular weight excluding hydrogens is 344 g/mol. The van der Waals surface area contributed by atoms with E-state index >= 15 is 0 Å². The topological polar surface area (TPSA) is 78.9 Å². The van der Waals surface area contributed by atoms with E-state index < -0.39 is 17.7 Å². The number of urea groups is 1. The molecule has 1 aliphatic heterocycles.